The predicted octanol–water partition coefficient (Wildman–Crippen LogP) is 1.06. The first kappa shape index (κ1) is 8.89. The summed E-state index contributed by atoms with van der Waals surface area (Å²) >= 11 is 4.89. The van der Waals surface area contributed by atoms with Crippen LogP contribution in [0.15, 0.2) is 0 Å². The van der Waals surface area contributed by atoms with E-state index in [2.05, 4.69) is 6.92 Å². The Morgan fingerprint density at radius 1 is 1.75 bits per heavy atom. The minimum absolute atomic E-state index is 0. The van der Waals surface area contributed by atoms with Gasteiger partial charge in [-0.15, -0.1) is 5.88 Å². The van der Waals surface area contributed by atoms with Gasteiger partial charge in [-0.3, -0.25) is 0 Å². The zero-order chi connectivity index (χ0) is 2.71. The third kappa shape index (κ3) is 12.0. The number of hydrogen-bond donors (Lipinski definition) is 0. The Morgan fingerprint density at radius 2 is 1.75 bits per heavy atom. The molecule has 0 saturated heterocycles. The van der Waals surface area contributed by atoms with E-state index in [1.54, 1.807) is 0 Å². The van der Waals surface area contributed by atoms with Crippen molar-refractivity contribution in [2.45, 2.75) is 0 Å². The Balaban J connectivity index is 0. The molecule has 0 amide bonds. The van der Waals surface area contributed by atoms with Crippen LogP contribution in [0.25, 0.3) is 0 Å². The van der Waals surface area contributed by atoms with Crippen molar-refractivity contribution in [3.63, 3.8) is 0 Å². The van der Waals surface area contributed by atoms with Crippen LogP contribution >= 0.6 is 11.6 Å². The van der Waals surface area contributed by atoms with Gasteiger partial charge in [-0.2, -0.15) is 11.6 Å². The maximum atomic E-state index is 4.89. The van der Waals surface area contributed by atoms with E-state index in [4.69, 9.17) is 11.6 Å². The van der Waals surface area contributed by atoms with Crippen LogP contribution in [0.2, 0.25) is 0 Å². The van der Waals surface area contributed by atoms with E-state index in [1.165, 1.54) is 0 Å². The molecule has 0 aliphatic rings. The van der Waals surface area contributed by atoms with Gasteiger partial charge in [-0.1, -0.05) is 0 Å². The predicted molar refractivity (Wildman–Crippen MR) is 16.1 cm³/mol. The van der Waals surface area contributed by atoms with E-state index in [-0.39, 0.29) is 21.7 Å². The van der Waals surface area contributed by atoms with Crippen molar-refractivity contribution in [1.82, 2.24) is 0 Å². The summed E-state index contributed by atoms with van der Waals surface area (Å²) in [6.45, 7) is 3.25. The summed E-state index contributed by atoms with van der Waals surface area (Å²) in [5, 5.41) is 0. The van der Waals surface area contributed by atoms with Gasteiger partial charge >= 0.3 is 0 Å². The second kappa shape index (κ2) is 9.00. The molecule has 0 N–H and O–H groups in total. The van der Waals surface area contributed by atoms with Crippen LogP contribution in [-0.2, 0) is 21.7 Å². The molecule has 0 aromatic heterocycles. The zero-order valence-corrected chi connectivity index (χ0v) is 4.61. The van der Waals surface area contributed by atoms with E-state index in [0.717, 1.165) is 0 Å². The summed E-state index contributed by atoms with van der Waals surface area (Å²) < 4.78 is 0. The molecule has 4 heavy (non-hydrogen) atoms. The SMILES string of the molecule is [CH2-]CCl.[Ti]. The van der Waals surface area contributed by atoms with Gasteiger partial charge in [0.1, 0.15) is 0 Å². The average Bonchev–Trinajstić information content (AvgIpc) is 0.918. The Hall–Kier alpha value is 1.00. The van der Waals surface area contributed by atoms with Crippen LogP contribution in [0.3, 0.4) is 0 Å². The first-order chi connectivity index (χ1) is 1.41. The molecule has 2 heteroatoms. The molecule has 0 radical (unpaired) electrons. The van der Waals surface area contributed by atoms with Crippen molar-refractivity contribution in [3.05, 3.63) is 6.92 Å². The molecule has 0 nitrogen and oxygen atoms in total. The third-order valence-electron chi connectivity index (χ3n) is 0. The molecule has 0 rings (SSSR count). The van der Waals surface area contributed by atoms with Gasteiger partial charge in [0, 0.05) is 21.7 Å². The van der Waals surface area contributed by atoms with Gasteiger partial charge < -0.3 is 6.92 Å². The minimum Gasteiger partial charge on any atom is -0.329 e. The van der Waals surface area contributed by atoms with Crippen molar-refractivity contribution in [1.29, 1.82) is 0 Å². The van der Waals surface area contributed by atoms with E-state index in [9.17, 15) is 0 Å². The first-order valence-corrected chi connectivity index (χ1v) is 1.30. The third-order valence-corrected chi connectivity index (χ3v) is 0. The van der Waals surface area contributed by atoms with Crippen LogP contribution in [-0.4, -0.2) is 5.88 Å². The maximum absolute atomic E-state index is 4.89. The largest absolute Gasteiger partial charge is 0.329 e. The number of rotatable bonds is 0. The summed E-state index contributed by atoms with van der Waals surface area (Å²) in [5.74, 6) is 0.472. The van der Waals surface area contributed by atoms with Gasteiger partial charge in [0.15, 0.2) is 0 Å². The molecule has 0 bridgehead atoms. The molecule has 0 atom stereocenters. The first-order valence-electron chi connectivity index (χ1n) is 0.767. The fraction of sp³-hybridized carbons (Fsp3) is 0.500. The van der Waals surface area contributed by atoms with Gasteiger partial charge in [-0.25, -0.2) is 0 Å². The molecule has 0 heterocycles. The van der Waals surface area contributed by atoms with Crippen molar-refractivity contribution in [3.8, 4) is 0 Å². The Bertz CT molecular complexity index is 6.00. The normalized spacial score (nSPS) is 4.50. The standard InChI is InChI=1S/C2H4Cl.Ti/c1-2-3;/h1-2H2;/q-1;. The van der Waals surface area contributed by atoms with Gasteiger partial charge in [-0.05, 0) is 0 Å². The Kier molecular flexibility index (Phi) is 20.0. The van der Waals surface area contributed by atoms with Crippen LogP contribution in [0, 0.1) is 6.92 Å². The molecule has 0 aromatic rings. The van der Waals surface area contributed by atoms with E-state index >= 15 is 0 Å². The molecule has 0 unspecified atom stereocenters. The van der Waals surface area contributed by atoms with Crippen LogP contribution in [0.4, 0.5) is 0 Å². The van der Waals surface area contributed by atoms with E-state index in [0.29, 0.717) is 5.88 Å². The summed E-state index contributed by atoms with van der Waals surface area (Å²) in [4.78, 5) is 0. The second-order valence-electron chi connectivity index (χ2n) is 0.189. The van der Waals surface area contributed by atoms with Crippen LogP contribution < -0.4 is 0 Å². The van der Waals surface area contributed by atoms with Gasteiger partial charge in [0.05, 0.1) is 0 Å². The smallest absolute Gasteiger partial charge is 0 e. The number of halogens is 1. The van der Waals surface area contributed by atoms with Gasteiger partial charge in [0.25, 0.3) is 0 Å². The molecular formula is C2H4ClTi-. The average molecular weight is 111 g/mol. The fourth-order valence-electron chi connectivity index (χ4n) is 0. The Labute approximate surface area is 46.4 Å². The molecule has 0 aliphatic heterocycles. The summed E-state index contributed by atoms with van der Waals surface area (Å²) in [7, 11) is 0. The van der Waals surface area contributed by atoms with E-state index in [1.807, 2.05) is 0 Å². The van der Waals surface area contributed by atoms with Crippen molar-refractivity contribution < 1.29 is 21.7 Å². The van der Waals surface area contributed by atoms with Crippen molar-refractivity contribution >= 4 is 11.6 Å². The summed E-state index contributed by atoms with van der Waals surface area (Å²) in [6.07, 6.45) is 0. The molecule has 0 fully saturated rings. The van der Waals surface area contributed by atoms with Crippen molar-refractivity contribution in [2.24, 2.45) is 0 Å². The number of hydrogen-bond acceptors (Lipinski definition) is 0. The fourth-order valence-corrected chi connectivity index (χ4v) is 0. The molecule has 0 saturated carbocycles. The van der Waals surface area contributed by atoms with Crippen LogP contribution in [0.5, 0.6) is 0 Å². The summed E-state index contributed by atoms with van der Waals surface area (Å²) in [6, 6.07) is 0. The zero-order valence-electron chi connectivity index (χ0n) is 2.29. The van der Waals surface area contributed by atoms with Gasteiger partial charge in [0.2, 0.25) is 0 Å². The molecule has 0 aromatic carbocycles. The maximum Gasteiger partial charge on any atom is 0 e. The summed E-state index contributed by atoms with van der Waals surface area (Å²) in [5.41, 5.74) is 0. The monoisotopic (exact) mass is 111 g/mol. The second-order valence-corrected chi connectivity index (χ2v) is 0.567. The molecule has 24 valence electrons. The van der Waals surface area contributed by atoms with Crippen LogP contribution in [0.1, 0.15) is 0 Å². The topological polar surface area (TPSA) is 0 Å². The molecule has 0 spiro atoms. The number of alkyl halides is 1. The molecule has 0 aliphatic carbocycles. The molecular weight excluding hydrogens is 107 g/mol. The van der Waals surface area contributed by atoms with E-state index < -0.39 is 0 Å². The minimum atomic E-state index is 0. The quantitative estimate of drug-likeness (QED) is 0.249. The van der Waals surface area contributed by atoms with Crippen molar-refractivity contribution in [2.75, 3.05) is 5.88 Å². The Morgan fingerprint density at radius 3 is 1.75 bits per heavy atom.